The summed E-state index contributed by atoms with van der Waals surface area (Å²) < 4.78 is 0. The third kappa shape index (κ3) is 4.43. The van der Waals surface area contributed by atoms with Crippen LogP contribution in [0.15, 0.2) is 0 Å². The monoisotopic (exact) mass is 349 g/mol. The molecule has 0 aromatic rings. The van der Waals surface area contributed by atoms with E-state index in [1.165, 1.54) is 12.0 Å². The van der Waals surface area contributed by atoms with Crippen molar-refractivity contribution in [3.05, 3.63) is 20.2 Å². The number of carbonyl (C=O) groups is 1. The zero-order chi connectivity index (χ0) is 18.7. The summed E-state index contributed by atoms with van der Waals surface area (Å²) in [4.78, 5) is 46.8. The van der Waals surface area contributed by atoms with Crippen LogP contribution in [0.25, 0.3) is 0 Å². The number of piperidine rings is 1. The molecule has 1 heterocycles. The largest absolute Gasteiger partial charge is 0.367 e. The Labute approximate surface area is 139 Å². The third-order valence-electron chi connectivity index (χ3n) is 4.60. The van der Waals surface area contributed by atoms with Crippen LogP contribution >= 0.6 is 0 Å². The molecule has 24 heavy (non-hydrogen) atoms. The maximum absolute atomic E-state index is 11.5. The molecule has 0 amide bonds. The molecule has 0 N–H and O–H groups in total. The molecule has 2 unspecified atom stereocenters. The molecule has 1 aliphatic rings. The van der Waals surface area contributed by atoms with Gasteiger partial charge in [-0.2, -0.15) is 0 Å². The van der Waals surface area contributed by atoms with Crippen LogP contribution in [-0.2, 0) is 19.3 Å². The SMILES string of the molecule is CC(=O)ON1C(C)(C)C(CO[N+](=O)[O-])CC(CO[N+](=O)[O-])C1(C)C. The minimum absolute atomic E-state index is 0.219. The van der Waals surface area contributed by atoms with Gasteiger partial charge in [-0.25, -0.2) is 0 Å². The van der Waals surface area contributed by atoms with E-state index in [0.717, 1.165) is 0 Å². The molecule has 1 aliphatic heterocycles. The highest BCUT2D eigenvalue weighted by Gasteiger charge is 2.54. The van der Waals surface area contributed by atoms with Crippen LogP contribution in [-0.4, -0.2) is 45.5 Å². The summed E-state index contributed by atoms with van der Waals surface area (Å²) in [5.74, 6) is -1.37. The topological polar surface area (TPSA) is 134 Å². The van der Waals surface area contributed by atoms with Crippen molar-refractivity contribution in [3.63, 3.8) is 0 Å². The van der Waals surface area contributed by atoms with Crippen LogP contribution in [0.5, 0.6) is 0 Å². The summed E-state index contributed by atoms with van der Waals surface area (Å²) in [7, 11) is 0. The van der Waals surface area contributed by atoms with E-state index in [1.807, 2.05) is 0 Å². The van der Waals surface area contributed by atoms with E-state index in [-0.39, 0.29) is 13.2 Å². The van der Waals surface area contributed by atoms with E-state index in [1.54, 1.807) is 27.7 Å². The van der Waals surface area contributed by atoms with Crippen LogP contribution in [0.4, 0.5) is 0 Å². The standard InChI is InChI=1S/C13H23N3O8/c1-9(17)24-14-12(2,3)10(7-22-15(18)19)6-11(13(14,4)5)8-23-16(20)21/h10-11H,6-8H2,1-5H3. The summed E-state index contributed by atoms with van der Waals surface area (Å²) >= 11 is 0. The number of hydrogen-bond acceptors (Lipinski definition) is 9. The lowest BCUT2D eigenvalue weighted by Crippen LogP contribution is -2.67. The van der Waals surface area contributed by atoms with Gasteiger partial charge < -0.3 is 14.5 Å². The Balaban J connectivity index is 3.12. The third-order valence-corrected chi connectivity index (χ3v) is 4.60. The van der Waals surface area contributed by atoms with Gasteiger partial charge >= 0.3 is 5.97 Å². The molecule has 0 aromatic heterocycles. The van der Waals surface area contributed by atoms with Gasteiger partial charge in [0.05, 0.1) is 11.1 Å². The number of carbonyl (C=O) groups excluding carboxylic acids is 1. The lowest BCUT2D eigenvalue weighted by molar-refractivity contribution is -0.762. The van der Waals surface area contributed by atoms with Crippen LogP contribution in [0.2, 0.25) is 0 Å². The Morgan fingerprint density at radius 2 is 1.42 bits per heavy atom. The lowest BCUT2D eigenvalue weighted by atomic mass is 9.68. The second kappa shape index (κ2) is 7.16. The summed E-state index contributed by atoms with van der Waals surface area (Å²) in [6.07, 6.45) is 0.374. The Hall–Kier alpha value is -2.17. The van der Waals surface area contributed by atoms with E-state index in [9.17, 15) is 25.0 Å². The molecular weight excluding hydrogens is 326 g/mol. The molecule has 11 heteroatoms. The summed E-state index contributed by atoms with van der Waals surface area (Å²) in [5.41, 5.74) is -1.56. The Bertz CT molecular complexity index is 471. The first-order chi connectivity index (χ1) is 10.9. The van der Waals surface area contributed by atoms with Crippen molar-refractivity contribution >= 4 is 5.97 Å². The smallest absolute Gasteiger partial charge is 0.322 e. The van der Waals surface area contributed by atoms with Crippen LogP contribution < -0.4 is 0 Å². The highest BCUT2D eigenvalue weighted by molar-refractivity contribution is 5.65. The van der Waals surface area contributed by atoms with Gasteiger partial charge in [-0.1, -0.05) is 0 Å². The number of hydroxylamine groups is 2. The van der Waals surface area contributed by atoms with Gasteiger partial charge in [0.15, 0.2) is 0 Å². The van der Waals surface area contributed by atoms with E-state index in [0.29, 0.717) is 6.42 Å². The Morgan fingerprint density at radius 1 is 1.04 bits per heavy atom. The molecule has 138 valence electrons. The maximum Gasteiger partial charge on any atom is 0.322 e. The van der Waals surface area contributed by atoms with Crippen molar-refractivity contribution in [2.45, 2.75) is 52.1 Å². The second-order valence-electron chi connectivity index (χ2n) is 6.85. The van der Waals surface area contributed by atoms with E-state index in [4.69, 9.17) is 4.84 Å². The number of nitrogens with zero attached hydrogens (tertiary/aromatic N) is 3. The molecule has 0 aliphatic carbocycles. The van der Waals surface area contributed by atoms with Gasteiger partial charge in [0.1, 0.15) is 13.2 Å². The minimum Gasteiger partial charge on any atom is -0.367 e. The van der Waals surface area contributed by atoms with Crippen LogP contribution in [0, 0.1) is 32.1 Å². The first-order valence-electron chi connectivity index (χ1n) is 7.42. The van der Waals surface area contributed by atoms with Crippen LogP contribution in [0.3, 0.4) is 0 Å². The summed E-state index contributed by atoms with van der Waals surface area (Å²) in [6.45, 7) is 7.90. The highest BCUT2D eigenvalue weighted by Crippen LogP contribution is 2.45. The molecule has 0 aromatic carbocycles. The second-order valence-corrected chi connectivity index (χ2v) is 6.85. The van der Waals surface area contributed by atoms with Crippen molar-refractivity contribution in [2.24, 2.45) is 11.8 Å². The van der Waals surface area contributed by atoms with Gasteiger partial charge in [-0.15, -0.1) is 25.3 Å². The molecule has 11 nitrogen and oxygen atoms in total. The molecule has 0 bridgehead atoms. The predicted molar refractivity (Wildman–Crippen MR) is 79.3 cm³/mol. The fraction of sp³-hybridized carbons (Fsp3) is 0.923. The van der Waals surface area contributed by atoms with Gasteiger partial charge in [-0.3, -0.25) is 4.79 Å². The molecule has 1 rings (SSSR count). The highest BCUT2D eigenvalue weighted by atomic mass is 17.0. The molecule has 2 atom stereocenters. The number of hydrogen-bond donors (Lipinski definition) is 0. The van der Waals surface area contributed by atoms with Gasteiger partial charge in [0.2, 0.25) is 0 Å². The zero-order valence-corrected chi connectivity index (χ0v) is 14.4. The number of rotatable bonds is 7. The fourth-order valence-corrected chi connectivity index (χ4v) is 3.20. The predicted octanol–water partition coefficient (Wildman–Crippen LogP) is 1.38. The average Bonchev–Trinajstić information content (AvgIpc) is 2.41. The first kappa shape index (κ1) is 19.9. The molecule has 1 fully saturated rings. The zero-order valence-electron chi connectivity index (χ0n) is 14.4. The van der Waals surface area contributed by atoms with Crippen LogP contribution in [0.1, 0.15) is 41.0 Å². The molecule has 1 saturated heterocycles. The van der Waals surface area contributed by atoms with E-state index < -0.39 is 39.1 Å². The minimum atomic E-state index is -0.894. The fourth-order valence-electron chi connectivity index (χ4n) is 3.20. The average molecular weight is 349 g/mol. The van der Waals surface area contributed by atoms with E-state index in [2.05, 4.69) is 9.68 Å². The maximum atomic E-state index is 11.5. The van der Waals surface area contributed by atoms with Crippen molar-refractivity contribution in [1.82, 2.24) is 5.06 Å². The normalized spacial score (nSPS) is 25.5. The Kier molecular flexibility index (Phi) is 5.93. The van der Waals surface area contributed by atoms with Crippen molar-refractivity contribution in [3.8, 4) is 0 Å². The quantitative estimate of drug-likeness (QED) is 0.493. The van der Waals surface area contributed by atoms with Crippen molar-refractivity contribution < 1.29 is 29.5 Å². The Morgan fingerprint density at radius 3 is 1.71 bits per heavy atom. The van der Waals surface area contributed by atoms with Gasteiger partial charge in [0, 0.05) is 18.8 Å². The summed E-state index contributed by atoms with van der Waals surface area (Å²) in [6, 6.07) is 0. The molecular formula is C13H23N3O8. The lowest BCUT2D eigenvalue weighted by Gasteiger charge is -2.57. The van der Waals surface area contributed by atoms with Gasteiger partial charge in [-0.05, 0) is 34.1 Å². The summed E-state index contributed by atoms with van der Waals surface area (Å²) in [5, 5.41) is 20.7. The molecule has 0 radical (unpaired) electrons. The van der Waals surface area contributed by atoms with Crippen molar-refractivity contribution in [1.29, 1.82) is 0 Å². The van der Waals surface area contributed by atoms with Crippen molar-refractivity contribution in [2.75, 3.05) is 13.2 Å². The molecule has 0 saturated carbocycles. The first-order valence-corrected chi connectivity index (χ1v) is 7.42. The molecule has 0 spiro atoms. The van der Waals surface area contributed by atoms with Gasteiger partial charge in [0.25, 0.3) is 10.2 Å². The van der Waals surface area contributed by atoms with E-state index >= 15 is 0 Å².